The largest absolute Gasteiger partial charge is 0.381 e. The van der Waals surface area contributed by atoms with Crippen LogP contribution in [0.3, 0.4) is 0 Å². The molecule has 0 aromatic rings. The molecule has 1 saturated heterocycles. The van der Waals surface area contributed by atoms with Crippen molar-refractivity contribution in [3.05, 3.63) is 0 Å². The Balaban J connectivity index is 1.52. The van der Waals surface area contributed by atoms with E-state index >= 15 is 0 Å². The molecular weight excluding hydrogens is 332 g/mol. The molecule has 1 aliphatic heterocycles. The maximum absolute atomic E-state index is 11.9. The van der Waals surface area contributed by atoms with Crippen molar-refractivity contribution in [3.63, 3.8) is 0 Å². The van der Waals surface area contributed by atoms with Gasteiger partial charge in [-0.2, -0.15) is 0 Å². The van der Waals surface area contributed by atoms with Crippen LogP contribution in [0.2, 0.25) is 0 Å². The molecule has 2 aliphatic rings. The fraction of sp³-hybridized carbons (Fsp3) is 0.895. The van der Waals surface area contributed by atoms with Gasteiger partial charge in [0.1, 0.15) is 0 Å². The standard InChI is InChI=1S/C19H36N4O3/c1-2-20-19(21-10-5-12-25-14-16-9-13-26-15-16)22-11-8-18(24)23-17-6-3-4-7-17/h16-17H,2-15H2,1H3,(H,23,24)(H2,20,21,22). The van der Waals surface area contributed by atoms with Crippen molar-refractivity contribution in [1.29, 1.82) is 0 Å². The monoisotopic (exact) mass is 368 g/mol. The molecule has 0 aromatic carbocycles. The van der Waals surface area contributed by atoms with Gasteiger partial charge >= 0.3 is 0 Å². The van der Waals surface area contributed by atoms with Gasteiger partial charge in [0, 0.05) is 51.2 Å². The zero-order valence-electron chi connectivity index (χ0n) is 16.2. The fourth-order valence-corrected chi connectivity index (χ4v) is 3.33. The second-order valence-corrected chi connectivity index (χ2v) is 7.14. The van der Waals surface area contributed by atoms with Crippen molar-refractivity contribution in [2.24, 2.45) is 10.9 Å². The number of nitrogens with one attached hydrogen (secondary N) is 3. The van der Waals surface area contributed by atoms with Crippen molar-refractivity contribution in [2.45, 2.75) is 57.9 Å². The van der Waals surface area contributed by atoms with Gasteiger partial charge in [-0.05, 0) is 32.6 Å². The van der Waals surface area contributed by atoms with Gasteiger partial charge in [-0.15, -0.1) is 0 Å². The first-order chi connectivity index (χ1) is 12.8. The molecule has 26 heavy (non-hydrogen) atoms. The van der Waals surface area contributed by atoms with E-state index < -0.39 is 0 Å². The topological polar surface area (TPSA) is 84.0 Å². The number of carbonyl (C=O) groups excluding carboxylic acids is 1. The third kappa shape index (κ3) is 8.85. The predicted molar refractivity (Wildman–Crippen MR) is 103 cm³/mol. The van der Waals surface area contributed by atoms with Crippen molar-refractivity contribution in [2.75, 3.05) is 46.1 Å². The van der Waals surface area contributed by atoms with Crippen LogP contribution in [0.25, 0.3) is 0 Å². The van der Waals surface area contributed by atoms with Crippen LogP contribution in [0, 0.1) is 5.92 Å². The molecule has 1 aliphatic carbocycles. The van der Waals surface area contributed by atoms with E-state index in [1.807, 2.05) is 6.92 Å². The molecule has 0 radical (unpaired) electrons. The number of carbonyl (C=O) groups is 1. The molecule has 1 heterocycles. The summed E-state index contributed by atoms with van der Waals surface area (Å²) in [4.78, 5) is 16.5. The number of amides is 1. The van der Waals surface area contributed by atoms with Crippen molar-refractivity contribution >= 4 is 11.9 Å². The summed E-state index contributed by atoms with van der Waals surface area (Å²) in [5.74, 6) is 1.46. The van der Waals surface area contributed by atoms with Crippen molar-refractivity contribution in [1.82, 2.24) is 16.0 Å². The zero-order valence-corrected chi connectivity index (χ0v) is 16.2. The Morgan fingerprint density at radius 3 is 2.81 bits per heavy atom. The van der Waals surface area contributed by atoms with Gasteiger partial charge in [-0.1, -0.05) is 12.8 Å². The van der Waals surface area contributed by atoms with Gasteiger partial charge in [0.15, 0.2) is 5.96 Å². The van der Waals surface area contributed by atoms with E-state index in [4.69, 9.17) is 9.47 Å². The lowest BCUT2D eigenvalue weighted by Crippen LogP contribution is -2.40. The number of aliphatic imine (C=N–C) groups is 1. The predicted octanol–water partition coefficient (Wildman–Crippen LogP) is 1.43. The van der Waals surface area contributed by atoms with Gasteiger partial charge in [-0.25, -0.2) is 0 Å². The van der Waals surface area contributed by atoms with Gasteiger partial charge in [0.2, 0.25) is 5.91 Å². The summed E-state index contributed by atoms with van der Waals surface area (Å²) >= 11 is 0. The summed E-state index contributed by atoms with van der Waals surface area (Å²) < 4.78 is 11.0. The highest BCUT2D eigenvalue weighted by Gasteiger charge is 2.17. The van der Waals surface area contributed by atoms with Gasteiger partial charge < -0.3 is 25.4 Å². The van der Waals surface area contributed by atoms with Gasteiger partial charge in [-0.3, -0.25) is 9.79 Å². The number of ether oxygens (including phenoxy) is 2. The number of nitrogens with zero attached hydrogens (tertiary/aromatic N) is 1. The summed E-state index contributed by atoms with van der Waals surface area (Å²) in [7, 11) is 0. The van der Waals surface area contributed by atoms with Crippen LogP contribution in [0.15, 0.2) is 4.99 Å². The number of hydrogen-bond acceptors (Lipinski definition) is 4. The molecule has 1 saturated carbocycles. The lowest BCUT2D eigenvalue weighted by atomic mass is 10.1. The first-order valence-corrected chi connectivity index (χ1v) is 10.2. The van der Waals surface area contributed by atoms with Gasteiger partial charge in [0.25, 0.3) is 0 Å². The molecule has 1 atom stereocenters. The summed E-state index contributed by atoms with van der Waals surface area (Å²) in [5, 5.41) is 9.56. The molecule has 3 N–H and O–H groups in total. The average molecular weight is 369 g/mol. The summed E-state index contributed by atoms with van der Waals surface area (Å²) in [6.07, 6.45) is 7.20. The van der Waals surface area contributed by atoms with E-state index in [1.165, 1.54) is 12.8 Å². The molecule has 0 bridgehead atoms. The Morgan fingerprint density at radius 2 is 2.08 bits per heavy atom. The highest BCUT2D eigenvalue weighted by molar-refractivity contribution is 5.81. The Hall–Kier alpha value is -1.34. The minimum atomic E-state index is 0.129. The van der Waals surface area contributed by atoms with Crippen LogP contribution in [0.4, 0.5) is 0 Å². The lowest BCUT2D eigenvalue weighted by Gasteiger charge is -2.14. The van der Waals surface area contributed by atoms with E-state index in [0.717, 1.165) is 64.6 Å². The Morgan fingerprint density at radius 1 is 1.23 bits per heavy atom. The third-order valence-corrected chi connectivity index (χ3v) is 4.80. The Bertz CT molecular complexity index is 419. The van der Waals surface area contributed by atoms with Crippen LogP contribution >= 0.6 is 0 Å². The van der Waals surface area contributed by atoms with Crippen molar-refractivity contribution in [3.8, 4) is 0 Å². The minimum absolute atomic E-state index is 0.129. The number of hydrogen-bond donors (Lipinski definition) is 3. The molecule has 1 amide bonds. The van der Waals surface area contributed by atoms with E-state index in [9.17, 15) is 4.79 Å². The maximum atomic E-state index is 11.9. The third-order valence-electron chi connectivity index (χ3n) is 4.80. The summed E-state index contributed by atoms with van der Waals surface area (Å²) in [5.41, 5.74) is 0. The van der Waals surface area contributed by atoms with Crippen LogP contribution in [-0.4, -0.2) is 64.0 Å². The number of rotatable bonds is 11. The Labute approximate surface area is 157 Å². The highest BCUT2D eigenvalue weighted by Crippen LogP contribution is 2.17. The summed E-state index contributed by atoms with van der Waals surface area (Å²) in [6.45, 7) is 7.37. The first kappa shape index (κ1) is 21.0. The molecule has 2 fully saturated rings. The molecule has 7 nitrogen and oxygen atoms in total. The van der Waals surface area contributed by atoms with Crippen molar-refractivity contribution < 1.29 is 14.3 Å². The zero-order chi connectivity index (χ0) is 18.5. The average Bonchev–Trinajstić information content (AvgIpc) is 3.31. The van der Waals surface area contributed by atoms with Crippen LogP contribution < -0.4 is 16.0 Å². The molecule has 1 unspecified atom stereocenters. The van der Waals surface area contributed by atoms with E-state index in [2.05, 4.69) is 20.9 Å². The molecule has 7 heteroatoms. The van der Waals surface area contributed by atoms with Crippen LogP contribution in [-0.2, 0) is 14.3 Å². The number of guanidine groups is 1. The molecule has 2 rings (SSSR count). The normalized spacial score (nSPS) is 21.1. The quantitative estimate of drug-likeness (QED) is 0.292. The maximum Gasteiger partial charge on any atom is 0.221 e. The van der Waals surface area contributed by atoms with Crippen LogP contribution in [0.1, 0.15) is 51.9 Å². The smallest absolute Gasteiger partial charge is 0.221 e. The molecule has 0 spiro atoms. The van der Waals surface area contributed by atoms with Gasteiger partial charge in [0.05, 0.1) is 13.2 Å². The Kier molecular flexibility index (Phi) is 10.4. The van der Waals surface area contributed by atoms with E-state index in [-0.39, 0.29) is 5.91 Å². The molecular formula is C19H36N4O3. The van der Waals surface area contributed by atoms with E-state index in [1.54, 1.807) is 0 Å². The van der Waals surface area contributed by atoms with E-state index in [0.29, 0.717) is 31.5 Å². The molecule has 150 valence electrons. The lowest BCUT2D eigenvalue weighted by molar-refractivity contribution is -0.121. The SMILES string of the molecule is CCNC(=NCCCOCC1CCOC1)NCCC(=O)NC1CCCC1. The second kappa shape index (κ2) is 12.9. The molecule has 0 aromatic heterocycles. The second-order valence-electron chi connectivity index (χ2n) is 7.14. The highest BCUT2D eigenvalue weighted by atomic mass is 16.5. The fourth-order valence-electron chi connectivity index (χ4n) is 3.33. The van der Waals surface area contributed by atoms with Crippen LogP contribution in [0.5, 0.6) is 0 Å². The summed E-state index contributed by atoms with van der Waals surface area (Å²) in [6, 6.07) is 0.389. The first-order valence-electron chi connectivity index (χ1n) is 10.2. The minimum Gasteiger partial charge on any atom is -0.381 e.